The normalized spacial score (nSPS) is 14.0. The molecule has 0 spiro atoms. The second-order valence-corrected chi connectivity index (χ2v) is 10.0. The summed E-state index contributed by atoms with van der Waals surface area (Å²) in [5.74, 6) is 0. The van der Waals surface area contributed by atoms with Gasteiger partial charge in [-0.1, -0.05) is 60.7 Å². The molecule has 0 amide bonds. The minimum atomic E-state index is -0.246. The number of hydrogen-bond acceptors (Lipinski definition) is 4. The summed E-state index contributed by atoms with van der Waals surface area (Å²) in [5, 5.41) is 2.62. The number of rotatable bonds is 4. The van der Waals surface area contributed by atoms with Crippen LogP contribution in [0.4, 0.5) is 5.69 Å². The number of pyridine rings is 1. The average molecular weight is 448 g/mol. The third-order valence-electron chi connectivity index (χ3n) is 6.59. The molecule has 3 heterocycles. The van der Waals surface area contributed by atoms with Crippen molar-refractivity contribution in [2.24, 2.45) is 0 Å². The quantitative estimate of drug-likeness (QED) is 0.283. The highest BCUT2D eigenvalue weighted by Gasteiger charge is 2.32. The van der Waals surface area contributed by atoms with Gasteiger partial charge in [-0.15, -0.1) is 11.3 Å². The van der Waals surface area contributed by atoms with E-state index in [0.29, 0.717) is 0 Å². The molecule has 33 heavy (non-hydrogen) atoms. The van der Waals surface area contributed by atoms with E-state index in [1.165, 1.54) is 31.4 Å². The molecule has 0 saturated carbocycles. The Labute approximate surface area is 198 Å². The monoisotopic (exact) mass is 447 g/mol. The van der Waals surface area contributed by atoms with Crippen molar-refractivity contribution < 1.29 is 0 Å². The molecular weight excluding hydrogens is 422 g/mol. The zero-order chi connectivity index (χ0) is 22.4. The van der Waals surface area contributed by atoms with Crippen molar-refractivity contribution in [1.29, 1.82) is 0 Å². The van der Waals surface area contributed by atoms with Crippen molar-refractivity contribution in [1.82, 2.24) is 9.88 Å². The van der Waals surface area contributed by atoms with Gasteiger partial charge in [0.1, 0.15) is 0 Å². The van der Waals surface area contributed by atoms with Crippen molar-refractivity contribution in [3.05, 3.63) is 109 Å². The molecule has 3 aromatic carbocycles. The third kappa shape index (κ3) is 3.38. The molecule has 0 atom stereocenters. The molecule has 0 saturated heterocycles. The molecule has 2 aromatic heterocycles. The zero-order valence-electron chi connectivity index (χ0n) is 18.8. The molecule has 0 fully saturated rings. The van der Waals surface area contributed by atoms with E-state index in [0.717, 1.165) is 18.1 Å². The summed E-state index contributed by atoms with van der Waals surface area (Å²) in [6, 6.07) is 32.1. The van der Waals surface area contributed by atoms with Gasteiger partial charge in [0, 0.05) is 43.8 Å². The second kappa shape index (κ2) is 7.75. The van der Waals surface area contributed by atoms with E-state index < -0.39 is 0 Å². The lowest BCUT2D eigenvalue weighted by molar-refractivity contribution is 0.196. The van der Waals surface area contributed by atoms with Crippen LogP contribution in [0.15, 0.2) is 103 Å². The Morgan fingerprint density at radius 3 is 2.39 bits per heavy atom. The number of para-hydroxylation sites is 1. The summed E-state index contributed by atoms with van der Waals surface area (Å²) in [7, 11) is 0. The van der Waals surface area contributed by atoms with Gasteiger partial charge in [-0.05, 0) is 44.2 Å². The number of nitrogens with zero attached hydrogens (tertiary/aromatic N) is 3. The number of fused-ring (bicyclic) bond motifs is 3. The fourth-order valence-electron chi connectivity index (χ4n) is 4.59. The Bertz CT molecular complexity index is 1480. The smallest absolute Gasteiger partial charge is 0.0950 e. The standard InChI is InChI=1S/C29H25N3S/c1-29(2,32-19-18-31(20-32)21-10-4-3-5-11-21)27-17-9-15-25(30-27)24-14-8-13-23-22-12-6-7-16-26(22)33-28(23)24/h3-19H,20H2,1-2H3. The summed E-state index contributed by atoms with van der Waals surface area (Å²) in [4.78, 5) is 9.81. The van der Waals surface area contributed by atoms with Crippen LogP contribution in [-0.4, -0.2) is 16.6 Å². The fourth-order valence-corrected chi connectivity index (χ4v) is 5.82. The first-order valence-corrected chi connectivity index (χ1v) is 12.1. The summed E-state index contributed by atoms with van der Waals surface area (Å²) in [6.45, 7) is 5.30. The first-order chi connectivity index (χ1) is 16.1. The maximum absolute atomic E-state index is 5.19. The summed E-state index contributed by atoms with van der Waals surface area (Å²) in [5.41, 5.74) is 4.25. The van der Waals surface area contributed by atoms with Gasteiger partial charge in [0.2, 0.25) is 0 Å². The largest absolute Gasteiger partial charge is 0.348 e. The van der Waals surface area contributed by atoms with Crippen LogP contribution in [0.1, 0.15) is 19.5 Å². The second-order valence-electron chi connectivity index (χ2n) is 8.96. The van der Waals surface area contributed by atoms with Gasteiger partial charge >= 0.3 is 0 Å². The number of aromatic nitrogens is 1. The summed E-state index contributed by atoms with van der Waals surface area (Å²) < 4.78 is 2.62. The Balaban J connectivity index is 1.36. The Morgan fingerprint density at radius 1 is 0.758 bits per heavy atom. The maximum atomic E-state index is 5.19. The van der Waals surface area contributed by atoms with E-state index in [1.807, 2.05) is 11.3 Å². The lowest BCUT2D eigenvalue weighted by Crippen LogP contribution is -2.40. The molecule has 0 unspecified atom stereocenters. The molecular formula is C29H25N3S. The van der Waals surface area contributed by atoms with Gasteiger partial charge in [0.15, 0.2) is 0 Å². The van der Waals surface area contributed by atoms with Crippen molar-refractivity contribution in [2.75, 3.05) is 11.6 Å². The SMILES string of the molecule is CC(C)(c1cccc(-c2cccc3c2sc2ccccc23)n1)N1C=CN(c2ccccc2)C1. The zero-order valence-corrected chi connectivity index (χ0v) is 19.6. The highest BCUT2D eigenvalue weighted by molar-refractivity contribution is 7.26. The lowest BCUT2D eigenvalue weighted by atomic mass is 9.97. The van der Waals surface area contributed by atoms with E-state index in [9.17, 15) is 0 Å². The number of thiophene rings is 1. The number of benzene rings is 3. The number of anilines is 1. The first-order valence-electron chi connectivity index (χ1n) is 11.3. The van der Waals surface area contributed by atoms with E-state index in [1.54, 1.807) is 0 Å². The Hall–Kier alpha value is -3.63. The highest BCUT2D eigenvalue weighted by Crippen LogP contribution is 2.40. The molecule has 5 aromatic rings. The third-order valence-corrected chi connectivity index (χ3v) is 7.81. The van der Waals surface area contributed by atoms with E-state index in [-0.39, 0.29) is 5.54 Å². The highest BCUT2D eigenvalue weighted by atomic mass is 32.1. The Morgan fingerprint density at radius 2 is 1.52 bits per heavy atom. The molecule has 0 N–H and O–H groups in total. The minimum absolute atomic E-state index is 0.246. The summed E-state index contributed by atoms with van der Waals surface area (Å²) >= 11 is 1.85. The van der Waals surface area contributed by atoms with Gasteiger partial charge in [0.05, 0.1) is 23.6 Å². The topological polar surface area (TPSA) is 19.4 Å². The van der Waals surface area contributed by atoms with Crippen molar-refractivity contribution in [2.45, 2.75) is 19.4 Å². The molecule has 1 aliphatic rings. The van der Waals surface area contributed by atoms with Crippen LogP contribution in [0.2, 0.25) is 0 Å². The van der Waals surface area contributed by atoms with Crippen LogP contribution in [0.3, 0.4) is 0 Å². The van der Waals surface area contributed by atoms with Gasteiger partial charge in [-0.3, -0.25) is 4.98 Å². The van der Waals surface area contributed by atoms with Crippen molar-refractivity contribution >= 4 is 37.2 Å². The molecule has 0 aliphatic carbocycles. The van der Waals surface area contributed by atoms with Crippen LogP contribution in [0.5, 0.6) is 0 Å². The molecule has 0 radical (unpaired) electrons. The summed E-state index contributed by atoms with van der Waals surface area (Å²) in [6.07, 6.45) is 4.33. The predicted octanol–water partition coefficient (Wildman–Crippen LogP) is 7.60. The van der Waals surface area contributed by atoms with Crippen molar-refractivity contribution in [3.8, 4) is 11.3 Å². The number of hydrogen-bond donors (Lipinski definition) is 0. The first kappa shape index (κ1) is 20.0. The van der Waals surface area contributed by atoms with Gasteiger partial charge < -0.3 is 9.80 Å². The molecule has 4 heteroatoms. The molecule has 6 rings (SSSR count). The lowest BCUT2D eigenvalue weighted by Gasteiger charge is -2.36. The van der Waals surface area contributed by atoms with E-state index in [4.69, 9.17) is 4.98 Å². The fraction of sp³-hybridized carbons (Fsp3) is 0.138. The van der Waals surface area contributed by atoms with Crippen LogP contribution < -0.4 is 4.90 Å². The molecule has 1 aliphatic heterocycles. The van der Waals surface area contributed by atoms with Crippen LogP contribution in [-0.2, 0) is 5.54 Å². The van der Waals surface area contributed by atoms with Gasteiger partial charge in [0.25, 0.3) is 0 Å². The van der Waals surface area contributed by atoms with Gasteiger partial charge in [-0.2, -0.15) is 0 Å². The predicted molar refractivity (Wildman–Crippen MR) is 140 cm³/mol. The van der Waals surface area contributed by atoms with Crippen LogP contribution >= 0.6 is 11.3 Å². The Kier molecular flexibility index (Phi) is 4.70. The average Bonchev–Trinajstić information content (AvgIpc) is 3.50. The van der Waals surface area contributed by atoms with Crippen LogP contribution in [0.25, 0.3) is 31.4 Å². The van der Waals surface area contributed by atoms with Crippen LogP contribution in [0, 0.1) is 0 Å². The molecule has 162 valence electrons. The van der Waals surface area contributed by atoms with E-state index in [2.05, 4.69) is 127 Å². The maximum Gasteiger partial charge on any atom is 0.0950 e. The van der Waals surface area contributed by atoms with Gasteiger partial charge in [-0.25, -0.2) is 0 Å². The molecule has 3 nitrogen and oxygen atoms in total. The van der Waals surface area contributed by atoms with Crippen molar-refractivity contribution in [3.63, 3.8) is 0 Å². The minimum Gasteiger partial charge on any atom is -0.348 e. The van der Waals surface area contributed by atoms with E-state index >= 15 is 0 Å². The molecule has 0 bridgehead atoms.